The summed E-state index contributed by atoms with van der Waals surface area (Å²) in [6.07, 6.45) is 2.42. The van der Waals surface area contributed by atoms with Crippen molar-refractivity contribution < 1.29 is 13.9 Å². The standard InChI is InChI=1S/C18H26FN3O2.HI/c1-2-20-18(21-12-14-6-3-4-7-15(14)19)22-9-11-24-17(13-22)16-8-5-10-23-16;/h3-4,6-7,16-17H,2,5,8-13H2,1H3,(H,20,21);1H. The molecule has 0 aliphatic carbocycles. The molecule has 0 amide bonds. The second-order valence-corrected chi connectivity index (χ2v) is 6.17. The first-order chi connectivity index (χ1) is 11.8. The highest BCUT2D eigenvalue weighted by atomic mass is 127. The number of benzene rings is 1. The molecule has 2 unspecified atom stereocenters. The molecule has 0 spiro atoms. The van der Waals surface area contributed by atoms with Crippen molar-refractivity contribution in [2.24, 2.45) is 4.99 Å². The molecule has 3 rings (SSSR count). The summed E-state index contributed by atoms with van der Waals surface area (Å²) in [5, 5.41) is 3.31. The molecule has 5 nitrogen and oxygen atoms in total. The maximum absolute atomic E-state index is 13.8. The van der Waals surface area contributed by atoms with E-state index in [0.29, 0.717) is 18.7 Å². The topological polar surface area (TPSA) is 46.1 Å². The number of hydrogen-bond donors (Lipinski definition) is 1. The lowest BCUT2D eigenvalue weighted by Crippen LogP contribution is -2.53. The van der Waals surface area contributed by atoms with Crippen LogP contribution in [0.3, 0.4) is 0 Å². The third-order valence-corrected chi connectivity index (χ3v) is 4.46. The first-order valence-electron chi connectivity index (χ1n) is 8.78. The van der Waals surface area contributed by atoms with E-state index < -0.39 is 0 Å². The van der Waals surface area contributed by atoms with E-state index in [4.69, 9.17) is 9.47 Å². The number of morpholine rings is 1. The number of guanidine groups is 1. The van der Waals surface area contributed by atoms with Crippen LogP contribution in [0.4, 0.5) is 4.39 Å². The Bertz CT molecular complexity index is 567. The highest BCUT2D eigenvalue weighted by Crippen LogP contribution is 2.21. The molecule has 0 radical (unpaired) electrons. The van der Waals surface area contributed by atoms with Gasteiger partial charge in [-0.1, -0.05) is 18.2 Å². The summed E-state index contributed by atoms with van der Waals surface area (Å²) in [6, 6.07) is 6.78. The number of rotatable bonds is 4. The summed E-state index contributed by atoms with van der Waals surface area (Å²) < 4.78 is 25.5. The molecule has 2 fully saturated rings. The van der Waals surface area contributed by atoms with E-state index in [0.717, 1.165) is 45.0 Å². The second kappa shape index (κ2) is 10.3. The minimum atomic E-state index is -0.212. The number of nitrogens with zero attached hydrogens (tertiary/aromatic N) is 2. The van der Waals surface area contributed by atoms with Gasteiger partial charge >= 0.3 is 0 Å². The van der Waals surface area contributed by atoms with Crippen LogP contribution in [0.1, 0.15) is 25.3 Å². The van der Waals surface area contributed by atoms with Crippen LogP contribution in [-0.2, 0) is 16.0 Å². The summed E-state index contributed by atoms with van der Waals surface area (Å²) in [5.41, 5.74) is 0.608. The minimum Gasteiger partial charge on any atom is -0.375 e. The van der Waals surface area contributed by atoms with Crippen LogP contribution in [0.25, 0.3) is 0 Å². The Morgan fingerprint density at radius 2 is 2.08 bits per heavy atom. The molecule has 7 heteroatoms. The Morgan fingerprint density at radius 3 is 2.80 bits per heavy atom. The zero-order chi connectivity index (χ0) is 16.8. The fourth-order valence-corrected chi connectivity index (χ4v) is 3.20. The lowest BCUT2D eigenvalue weighted by Gasteiger charge is -2.37. The van der Waals surface area contributed by atoms with Crippen molar-refractivity contribution in [2.75, 3.05) is 32.8 Å². The van der Waals surface area contributed by atoms with Crippen molar-refractivity contribution in [1.82, 2.24) is 10.2 Å². The molecule has 1 N–H and O–H groups in total. The minimum absolute atomic E-state index is 0. The van der Waals surface area contributed by atoms with Gasteiger partial charge in [-0.2, -0.15) is 0 Å². The van der Waals surface area contributed by atoms with Crippen LogP contribution in [0.15, 0.2) is 29.3 Å². The molecular weight excluding hydrogens is 436 g/mol. The molecule has 140 valence electrons. The summed E-state index contributed by atoms with van der Waals surface area (Å²) in [7, 11) is 0. The molecule has 2 aliphatic rings. The number of aliphatic imine (C=N–C) groups is 1. The monoisotopic (exact) mass is 463 g/mol. The van der Waals surface area contributed by atoms with Crippen molar-refractivity contribution in [3.8, 4) is 0 Å². The Balaban J connectivity index is 0.00000225. The molecule has 2 saturated heterocycles. The van der Waals surface area contributed by atoms with Crippen molar-refractivity contribution in [3.63, 3.8) is 0 Å². The van der Waals surface area contributed by atoms with E-state index in [1.165, 1.54) is 6.07 Å². The zero-order valence-electron chi connectivity index (χ0n) is 14.6. The van der Waals surface area contributed by atoms with Gasteiger partial charge in [-0.3, -0.25) is 0 Å². The van der Waals surface area contributed by atoms with Crippen molar-refractivity contribution in [1.29, 1.82) is 0 Å². The van der Waals surface area contributed by atoms with Gasteiger partial charge in [0.1, 0.15) is 11.9 Å². The molecule has 25 heavy (non-hydrogen) atoms. The second-order valence-electron chi connectivity index (χ2n) is 6.17. The number of hydrogen-bond acceptors (Lipinski definition) is 3. The smallest absolute Gasteiger partial charge is 0.194 e. The Morgan fingerprint density at radius 1 is 1.28 bits per heavy atom. The van der Waals surface area contributed by atoms with Crippen molar-refractivity contribution in [3.05, 3.63) is 35.6 Å². The number of halogens is 2. The van der Waals surface area contributed by atoms with Gasteiger partial charge < -0.3 is 19.7 Å². The van der Waals surface area contributed by atoms with Crippen molar-refractivity contribution >= 4 is 29.9 Å². The van der Waals surface area contributed by atoms with Gasteiger partial charge in [0.25, 0.3) is 0 Å². The van der Waals surface area contributed by atoms with Gasteiger partial charge in [0.2, 0.25) is 0 Å². The van der Waals surface area contributed by atoms with Gasteiger partial charge in [-0.05, 0) is 25.8 Å². The van der Waals surface area contributed by atoms with E-state index in [9.17, 15) is 4.39 Å². The largest absolute Gasteiger partial charge is 0.375 e. The first kappa shape index (κ1) is 20.4. The summed E-state index contributed by atoms with van der Waals surface area (Å²) in [4.78, 5) is 6.82. The summed E-state index contributed by atoms with van der Waals surface area (Å²) >= 11 is 0. The molecule has 2 aliphatic heterocycles. The molecule has 1 aromatic carbocycles. The Labute approximate surface area is 166 Å². The van der Waals surface area contributed by atoms with Gasteiger partial charge in [0, 0.05) is 31.8 Å². The average Bonchev–Trinajstić information content (AvgIpc) is 3.15. The fourth-order valence-electron chi connectivity index (χ4n) is 3.20. The lowest BCUT2D eigenvalue weighted by atomic mass is 10.1. The molecule has 0 bridgehead atoms. The third kappa shape index (κ3) is 5.52. The highest BCUT2D eigenvalue weighted by molar-refractivity contribution is 14.0. The van der Waals surface area contributed by atoms with E-state index in [1.54, 1.807) is 12.1 Å². The third-order valence-electron chi connectivity index (χ3n) is 4.46. The molecule has 1 aromatic rings. The van der Waals surface area contributed by atoms with Crippen LogP contribution in [-0.4, -0.2) is 55.9 Å². The molecule has 2 atom stereocenters. The van der Waals surface area contributed by atoms with Crippen LogP contribution < -0.4 is 5.32 Å². The molecule has 0 saturated carbocycles. The highest BCUT2D eigenvalue weighted by Gasteiger charge is 2.32. The maximum Gasteiger partial charge on any atom is 0.194 e. The van der Waals surface area contributed by atoms with Gasteiger partial charge in [-0.15, -0.1) is 24.0 Å². The molecule has 0 aromatic heterocycles. The first-order valence-corrected chi connectivity index (χ1v) is 8.78. The summed E-state index contributed by atoms with van der Waals surface area (Å²) in [5.74, 6) is 0.600. The molecular formula is C18H27FIN3O2. The molecule has 2 heterocycles. The predicted octanol–water partition coefficient (Wildman–Crippen LogP) is 2.79. The van der Waals surface area contributed by atoms with Gasteiger partial charge in [0.15, 0.2) is 5.96 Å². The van der Waals surface area contributed by atoms with E-state index >= 15 is 0 Å². The normalized spacial score (nSPS) is 24.1. The lowest BCUT2D eigenvalue weighted by molar-refractivity contribution is -0.0817. The SMILES string of the molecule is CCNC(=NCc1ccccc1F)N1CCOC(C2CCCO2)C1.I. The number of nitrogens with one attached hydrogen (secondary N) is 1. The predicted molar refractivity (Wildman–Crippen MR) is 107 cm³/mol. The van der Waals surface area contributed by atoms with Gasteiger partial charge in [-0.25, -0.2) is 9.38 Å². The van der Waals surface area contributed by atoms with Crippen LogP contribution >= 0.6 is 24.0 Å². The Kier molecular flexibility index (Phi) is 8.38. The van der Waals surface area contributed by atoms with Crippen LogP contribution in [0, 0.1) is 5.82 Å². The fraction of sp³-hybridized carbons (Fsp3) is 0.611. The quantitative estimate of drug-likeness (QED) is 0.424. The van der Waals surface area contributed by atoms with Crippen molar-refractivity contribution in [2.45, 2.75) is 38.5 Å². The van der Waals surface area contributed by atoms with Crippen LogP contribution in [0.5, 0.6) is 0 Å². The van der Waals surface area contributed by atoms with E-state index in [1.807, 2.05) is 13.0 Å². The summed E-state index contributed by atoms with van der Waals surface area (Å²) in [6.45, 7) is 6.17. The van der Waals surface area contributed by atoms with Crippen LogP contribution in [0.2, 0.25) is 0 Å². The Hall–Kier alpha value is -0.930. The maximum atomic E-state index is 13.8. The average molecular weight is 463 g/mol. The van der Waals surface area contributed by atoms with E-state index in [2.05, 4.69) is 15.2 Å². The van der Waals surface area contributed by atoms with Gasteiger partial charge in [0.05, 0.1) is 19.3 Å². The zero-order valence-corrected chi connectivity index (χ0v) is 16.9. The number of ether oxygens (including phenoxy) is 2. The van der Waals surface area contributed by atoms with E-state index in [-0.39, 0.29) is 42.0 Å².